The average molecular weight is 306 g/mol. The molecule has 0 radical (unpaired) electrons. The van der Waals surface area contributed by atoms with Crippen molar-refractivity contribution in [1.82, 2.24) is 0 Å². The van der Waals surface area contributed by atoms with Crippen molar-refractivity contribution in [3.8, 4) is 10.4 Å². The summed E-state index contributed by atoms with van der Waals surface area (Å²) in [5.41, 5.74) is 7.40. The van der Waals surface area contributed by atoms with E-state index in [0.717, 1.165) is 11.3 Å². The number of hydrogen-bond donors (Lipinski definition) is 1. The fourth-order valence-electron chi connectivity index (χ4n) is 1.86. The summed E-state index contributed by atoms with van der Waals surface area (Å²) in [6.07, 6.45) is 0. The van der Waals surface area contributed by atoms with Crippen molar-refractivity contribution in [3.05, 3.63) is 44.8 Å². The van der Waals surface area contributed by atoms with E-state index in [1.165, 1.54) is 6.07 Å². The van der Waals surface area contributed by atoms with Crippen molar-refractivity contribution in [2.45, 2.75) is 13.8 Å². The molecule has 1 aromatic carbocycles. The van der Waals surface area contributed by atoms with Crippen LogP contribution in [0, 0.1) is 17.0 Å². The normalized spacial score (nSPS) is 10.4. The van der Waals surface area contributed by atoms with Crippen LogP contribution in [0.15, 0.2) is 24.3 Å². The predicted octanol–water partition coefficient (Wildman–Crippen LogP) is 3.39. The zero-order valence-electron chi connectivity index (χ0n) is 11.6. The van der Waals surface area contributed by atoms with E-state index >= 15 is 0 Å². The summed E-state index contributed by atoms with van der Waals surface area (Å²) in [5, 5.41) is 11.0. The molecule has 0 amide bonds. The molecule has 110 valence electrons. The minimum atomic E-state index is -0.479. The lowest BCUT2D eigenvalue weighted by Crippen LogP contribution is -2.04. The van der Waals surface area contributed by atoms with Crippen LogP contribution in [0.2, 0.25) is 0 Å². The van der Waals surface area contributed by atoms with Gasteiger partial charge in [0.2, 0.25) is 0 Å². The monoisotopic (exact) mass is 306 g/mol. The first-order valence-electron chi connectivity index (χ1n) is 6.26. The summed E-state index contributed by atoms with van der Waals surface area (Å²) in [4.78, 5) is 23.3. The molecule has 0 fully saturated rings. The quantitative estimate of drug-likeness (QED) is 0.530. The molecule has 6 nitrogen and oxygen atoms in total. The first-order valence-corrected chi connectivity index (χ1v) is 7.07. The van der Waals surface area contributed by atoms with Gasteiger partial charge in [-0.1, -0.05) is 12.1 Å². The number of carbonyl (C=O) groups is 1. The predicted molar refractivity (Wildman–Crippen MR) is 81.5 cm³/mol. The van der Waals surface area contributed by atoms with Crippen LogP contribution < -0.4 is 5.73 Å². The minimum Gasteiger partial charge on any atom is -0.462 e. The molecule has 2 rings (SSSR count). The van der Waals surface area contributed by atoms with Gasteiger partial charge in [-0.05, 0) is 25.5 Å². The number of carbonyl (C=O) groups excluding carboxylic acids is 1. The second-order valence-corrected chi connectivity index (χ2v) is 5.43. The van der Waals surface area contributed by atoms with Crippen molar-refractivity contribution >= 4 is 28.7 Å². The Balaban J connectivity index is 2.44. The van der Waals surface area contributed by atoms with Crippen molar-refractivity contribution in [2.24, 2.45) is 0 Å². The number of nitrogens with two attached hydrogens (primary N) is 1. The third-order valence-corrected chi connectivity index (χ3v) is 4.09. The average Bonchev–Trinajstić information content (AvgIpc) is 2.81. The second-order valence-electron chi connectivity index (χ2n) is 4.37. The fourth-order valence-corrected chi connectivity index (χ4v) is 2.83. The highest BCUT2D eigenvalue weighted by molar-refractivity contribution is 7.18. The molecule has 1 heterocycles. The lowest BCUT2D eigenvalue weighted by atomic mass is 10.1. The molecule has 0 saturated carbocycles. The molecule has 0 aliphatic heterocycles. The van der Waals surface area contributed by atoms with Crippen LogP contribution in [0.4, 0.5) is 11.4 Å². The molecule has 0 atom stereocenters. The smallest absolute Gasteiger partial charge is 0.350 e. The largest absolute Gasteiger partial charge is 0.462 e. The topological polar surface area (TPSA) is 95.5 Å². The molecule has 0 unspecified atom stereocenters. The molecule has 0 aliphatic carbocycles. The summed E-state index contributed by atoms with van der Waals surface area (Å²) in [7, 11) is 0. The Morgan fingerprint density at radius 2 is 2.14 bits per heavy atom. The minimum absolute atomic E-state index is 0.0390. The van der Waals surface area contributed by atoms with Gasteiger partial charge in [0.25, 0.3) is 5.69 Å². The van der Waals surface area contributed by atoms with E-state index < -0.39 is 10.9 Å². The summed E-state index contributed by atoms with van der Waals surface area (Å²) in [5.74, 6) is -0.479. The van der Waals surface area contributed by atoms with Crippen LogP contribution in [-0.2, 0) is 4.74 Å². The second kappa shape index (κ2) is 5.92. The lowest BCUT2D eigenvalue weighted by Gasteiger charge is -2.01. The molecule has 7 heteroatoms. The van der Waals surface area contributed by atoms with Gasteiger partial charge in [0.1, 0.15) is 4.88 Å². The molecule has 2 aromatic rings. The maximum atomic E-state index is 11.7. The third kappa shape index (κ3) is 3.03. The number of nitrogen functional groups attached to an aromatic ring is 1. The van der Waals surface area contributed by atoms with Gasteiger partial charge in [0.05, 0.1) is 17.2 Å². The van der Waals surface area contributed by atoms with Crippen molar-refractivity contribution < 1.29 is 14.5 Å². The number of esters is 1. The highest BCUT2D eigenvalue weighted by Gasteiger charge is 2.18. The number of thiophene rings is 1. The van der Waals surface area contributed by atoms with Crippen molar-refractivity contribution in [3.63, 3.8) is 0 Å². The first-order chi connectivity index (χ1) is 9.93. The van der Waals surface area contributed by atoms with Gasteiger partial charge in [0.15, 0.2) is 0 Å². The van der Waals surface area contributed by atoms with Gasteiger partial charge in [-0.25, -0.2) is 4.79 Å². The van der Waals surface area contributed by atoms with Crippen molar-refractivity contribution in [1.29, 1.82) is 0 Å². The molecule has 0 bridgehead atoms. The summed E-state index contributed by atoms with van der Waals surface area (Å²) < 4.78 is 4.92. The van der Waals surface area contributed by atoms with Gasteiger partial charge in [-0.3, -0.25) is 10.1 Å². The number of aryl methyl sites for hydroxylation is 1. The summed E-state index contributed by atoms with van der Waals surface area (Å²) in [6.45, 7) is 3.65. The number of hydrogen-bond acceptors (Lipinski definition) is 6. The SMILES string of the molecule is CCOC(=O)c1sc(-c2ccc(C)c([N+](=O)[O-])c2)cc1N. The van der Waals surface area contributed by atoms with E-state index in [1.54, 1.807) is 32.0 Å². The van der Waals surface area contributed by atoms with Crippen LogP contribution in [-0.4, -0.2) is 17.5 Å². The zero-order chi connectivity index (χ0) is 15.6. The Hall–Kier alpha value is -2.41. The number of benzene rings is 1. The Labute approximate surface area is 125 Å². The van der Waals surface area contributed by atoms with Crippen molar-refractivity contribution in [2.75, 3.05) is 12.3 Å². The summed E-state index contributed by atoms with van der Waals surface area (Å²) >= 11 is 1.16. The number of nitrogens with zero attached hydrogens (tertiary/aromatic N) is 1. The van der Waals surface area contributed by atoms with E-state index in [1.807, 2.05) is 0 Å². The van der Waals surface area contributed by atoms with E-state index in [0.29, 0.717) is 26.6 Å². The Morgan fingerprint density at radius 3 is 2.76 bits per heavy atom. The van der Waals surface area contributed by atoms with Crippen LogP contribution in [0.1, 0.15) is 22.2 Å². The number of ether oxygens (including phenoxy) is 1. The number of nitro groups is 1. The Kier molecular flexibility index (Phi) is 4.23. The van der Waals surface area contributed by atoms with Gasteiger partial charge in [0, 0.05) is 16.5 Å². The van der Waals surface area contributed by atoms with Crippen LogP contribution in [0.5, 0.6) is 0 Å². The van der Waals surface area contributed by atoms with Gasteiger partial charge in [-0.15, -0.1) is 11.3 Å². The molecular weight excluding hydrogens is 292 g/mol. The van der Waals surface area contributed by atoms with Crippen LogP contribution >= 0.6 is 11.3 Å². The lowest BCUT2D eigenvalue weighted by molar-refractivity contribution is -0.385. The number of nitro benzene ring substituents is 1. The molecule has 0 spiro atoms. The molecule has 1 aromatic heterocycles. The Morgan fingerprint density at radius 1 is 1.43 bits per heavy atom. The van der Waals surface area contributed by atoms with Crippen LogP contribution in [0.25, 0.3) is 10.4 Å². The van der Waals surface area contributed by atoms with E-state index in [-0.39, 0.29) is 12.3 Å². The first kappa shape index (κ1) is 15.0. The highest BCUT2D eigenvalue weighted by Crippen LogP contribution is 2.35. The summed E-state index contributed by atoms with van der Waals surface area (Å²) in [6, 6.07) is 6.55. The maximum Gasteiger partial charge on any atom is 0.350 e. The number of rotatable bonds is 4. The van der Waals surface area contributed by atoms with Gasteiger partial charge in [-0.2, -0.15) is 0 Å². The molecule has 0 saturated heterocycles. The Bertz CT molecular complexity index is 709. The number of anilines is 1. The molecule has 2 N–H and O–H groups in total. The van der Waals surface area contributed by atoms with Crippen LogP contribution in [0.3, 0.4) is 0 Å². The third-order valence-electron chi connectivity index (χ3n) is 2.91. The molecular formula is C14H14N2O4S. The van der Waals surface area contributed by atoms with E-state index in [9.17, 15) is 14.9 Å². The van der Waals surface area contributed by atoms with E-state index in [4.69, 9.17) is 10.5 Å². The zero-order valence-corrected chi connectivity index (χ0v) is 12.4. The maximum absolute atomic E-state index is 11.7. The standard InChI is InChI=1S/C14H14N2O4S/c1-3-20-14(17)13-10(15)7-12(21-13)9-5-4-8(2)11(6-9)16(18)19/h4-7H,3,15H2,1-2H3. The van der Waals surface area contributed by atoms with Gasteiger partial charge < -0.3 is 10.5 Å². The molecule has 0 aliphatic rings. The molecule has 21 heavy (non-hydrogen) atoms. The van der Waals surface area contributed by atoms with E-state index in [2.05, 4.69) is 0 Å². The fraction of sp³-hybridized carbons (Fsp3) is 0.214. The van der Waals surface area contributed by atoms with Gasteiger partial charge >= 0.3 is 5.97 Å². The highest BCUT2D eigenvalue weighted by atomic mass is 32.1.